The lowest BCUT2D eigenvalue weighted by Crippen LogP contribution is -2.26. The normalized spacial score (nSPS) is 17.0. The van der Waals surface area contributed by atoms with E-state index in [4.69, 9.17) is 0 Å². The Morgan fingerprint density at radius 1 is 1.41 bits per heavy atom. The monoisotopic (exact) mass is 298 g/mol. The molecule has 1 aromatic heterocycles. The van der Waals surface area contributed by atoms with Gasteiger partial charge in [0.25, 0.3) is 5.91 Å². The summed E-state index contributed by atoms with van der Waals surface area (Å²) in [6, 6.07) is 1.80. The van der Waals surface area contributed by atoms with Crippen molar-refractivity contribution >= 4 is 21.8 Å². The molecular weight excluding hydrogens is 280 g/mol. The number of nitrogens with one attached hydrogen (secondary N) is 2. The minimum absolute atomic E-state index is 0.00786. The third-order valence-corrected chi connectivity index (χ3v) is 3.91. The maximum absolute atomic E-state index is 11.7. The Labute approximate surface area is 110 Å². The third kappa shape index (κ3) is 3.87. The number of aromatic nitrogens is 1. The van der Waals surface area contributed by atoms with E-state index in [2.05, 4.69) is 26.2 Å². The van der Waals surface area contributed by atoms with Crippen LogP contribution in [0.2, 0.25) is 0 Å². The van der Waals surface area contributed by atoms with Crippen molar-refractivity contribution < 1.29 is 4.79 Å². The van der Waals surface area contributed by atoms with E-state index in [0.29, 0.717) is 5.69 Å². The minimum atomic E-state index is -0.00786. The molecule has 0 radical (unpaired) electrons. The van der Waals surface area contributed by atoms with Crippen molar-refractivity contribution in [2.75, 3.05) is 6.54 Å². The average molecular weight is 299 g/mol. The van der Waals surface area contributed by atoms with Crippen molar-refractivity contribution in [2.24, 2.45) is 5.92 Å². The SMILES string of the molecule is O=C(NCCC1CCCCC1)c1cc(Br)c[nH]1. The number of halogens is 1. The zero-order valence-corrected chi connectivity index (χ0v) is 11.6. The van der Waals surface area contributed by atoms with Crippen LogP contribution < -0.4 is 5.32 Å². The highest BCUT2D eigenvalue weighted by Crippen LogP contribution is 2.25. The first-order valence-corrected chi connectivity index (χ1v) is 7.17. The minimum Gasteiger partial charge on any atom is -0.356 e. The number of hydrogen-bond acceptors (Lipinski definition) is 1. The molecule has 2 rings (SSSR count). The van der Waals surface area contributed by atoms with Crippen LogP contribution in [0.15, 0.2) is 16.7 Å². The van der Waals surface area contributed by atoms with Crippen LogP contribution in [-0.4, -0.2) is 17.4 Å². The Morgan fingerprint density at radius 2 is 2.18 bits per heavy atom. The summed E-state index contributed by atoms with van der Waals surface area (Å²) >= 11 is 3.32. The van der Waals surface area contributed by atoms with E-state index in [1.807, 2.05) is 0 Å². The largest absolute Gasteiger partial charge is 0.356 e. The van der Waals surface area contributed by atoms with Gasteiger partial charge in [0.15, 0.2) is 0 Å². The summed E-state index contributed by atoms with van der Waals surface area (Å²) in [5.74, 6) is 0.811. The summed E-state index contributed by atoms with van der Waals surface area (Å²) < 4.78 is 0.912. The first-order valence-electron chi connectivity index (χ1n) is 6.38. The van der Waals surface area contributed by atoms with Gasteiger partial charge in [0.1, 0.15) is 5.69 Å². The summed E-state index contributed by atoms with van der Waals surface area (Å²) in [6.45, 7) is 0.792. The topological polar surface area (TPSA) is 44.9 Å². The van der Waals surface area contributed by atoms with Gasteiger partial charge in [-0.25, -0.2) is 0 Å². The van der Waals surface area contributed by atoms with Crippen molar-refractivity contribution in [1.82, 2.24) is 10.3 Å². The van der Waals surface area contributed by atoms with Gasteiger partial charge in [-0.2, -0.15) is 0 Å². The van der Waals surface area contributed by atoms with Crippen LogP contribution >= 0.6 is 15.9 Å². The van der Waals surface area contributed by atoms with Gasteiger partial charge in [-0.05, 0) is 34.3 Å². The van der Waals surface area contributed by atoms with E-state index in [1.54, 1.807) is 12.3 Å². The predicted octanol–water partition coefficient (Wildman–Crippen LogP) is 3.48. The molecule has 0 bridgehead atoms. The molecule has 2 N–H and O–H groups in total. The van der Waals surface area contributed by atoms with Gasteiger partial charge in [-0.3, -0.25) is 4.79 Å². The van der Waals surface area contributed by atoms with E-state index >= 15 is 0 Å². The van der Waals surface area contributed by atoms with Crippen LogP contribution in [0.1, 0.15) is 49.0 Å². The maximum atomic E-state index is 11.7. The fraction of sp³-hybridized carbons (Fsp3) is 0.615. The van der Waals surface area contributed by atoms with Crippen molar-refractivity contribution in [1.29, 1.82) is 0 Å². The molecule has 4 heteroatoms. The number of H-pyrrole nitrogens is 1. The highest BCUT2D eigenvalue weighted by Gasteiger charge is 2.14. The molecule has 3 nitrogen and oxygen atoms in total. The van der Waals surface area contributed by atoms with Crippen LogP contribution in [0.5, 0.6) is 0 Å². The van der Waals surface area contributed by atoms with Crippen molar-refractivity contribution in [2.45, 2.75) is 38.5 Å². The van der Waals surface area contributed by atoms with Gasteiger partial charge >= 0.3 is 0 Å². The molecule has 1 amide bonds. The fourth-order valence-corrected chi connectivity index (χ4v) is 2.80. The standard InChI is InChI=1S/C13H19BrN2O/c14-11-8-12(16-9-11)13(17)15-7-6-10-4-2-1-3-5-10/h8-10,16H,1-7H2,(H,15,17). The zero-order chi connectivity index (χ0) is 12.1. The molecule has 94 valence electrons. The molecule has 0 aliphatic heterocycles. The van der Waals surface area contributed by atoms with Crippen molar-refractivity contribution in [3.63, 3.8) is 0 Å². The number of aromatic amines is 1. The first kappa shape index (κ1) is 12.7. The molecule has 0 unspecified atom stereocenters. The predicted molar refractivity (Wildman–Crippen MR) is 72.0 cm³/mol. The highest BCUT2D eigenvalue weighted by molar-refractivity contribution is 9.10. The van der Waals surface area contributed by atoms with E-state index < -0.39 is 0 Å². The molecule has 1 aromatic rings. The molecule has 0 spiro atoms. The summed E-state index contributed by atoms with van der Waals surface area (Å²) in [4.78, 5) is 14.7. The Morgan fingerprint density at radius 3 is 2.82 bits per heavy atom. The number of amides is 1. The van der Waals surface area contributed by atoms with E-state index in [-0.39, 0.29) is 5.91 Å². The molecule has 0 atom stereocenters. The molecule has 17 heavy (non-hydrogen) atoms. The van der Waals surface area contributed by atoms with Crippen LogP contribution in [-0.2, 0) is 0 Å². The zero-order valence-electron chi connectivity index (χ0n) is 9.97. The van der Waals surface area contributed by atoms with Crippen molar-refractivity contribution in [3.8, 4) is 0 Å². The molecular formula is C13H19BrN2O. The van der Waals surface area contributed by atoms with Crippen LogP contribution in [0.4, 0.5) is 0 Å². The lowest BCUT2D eigenvalue weighted by molar-refractivity contribution is 0.0946. The van der Waals surface area contributed by atoms with E-state index in [9.17, 15) is 4.79 Å². The Hall–Kier alpha value is -0.770. The molecule has 0 saturated heterocycles. The van der Waals surface area contributed by atoms with Gasteiger partial charge in [0, 0.05) is 17.2 Å². The first-order chi connectivity index (χ1) is 8.25. The number of carbonyl (C=O) groups excluding carboxylic acids is 1. The Balaban J connectivity index is 1.69. The number of rotatable bonds is 4. The highest BCUT2D eigenvalue weighted by atomic mass is 79.9. The quantitative estimate of drug-likeness (QED) is 0.878. The smallest absolute Gasteiger partial charge is 0.267 e. The molecule has 1 aliphatic carbocycles. The summed E-state index contributed by atoms with van der Waals surface area (Å²) in [6.07, 6.45) is 9.68. The third-order valence-electron chi connectivity index (χ3n) is 3.46. The summed E-state index contributed by atoms with van der Waals surface area (Å²) in [5.41, 5.74) is 0.625. The van der Waals surface area contributed by atoms with Gasteiger partial charge in [0.05, 0.1) is 0 Å². The van der Waals surface area contributed by atoms with Crippen LogP contribution in [0, 0.1) is 5.92 Å². The average Bonchev–Trinajstić information content (AvgIpc) is 2.77. The van der Waals surface area contributed by atoms with E-state index in [0.717, 1.165) is 23.4 Å². The molecule has 1 aliphatic rings. The van der Waals surface area contributed by atoms with Crippen LogP contribution in [0.25, 0.3) is 0 Å². The second kappa shape index (κ2) is 6.24. The lowest BCUT2D eigenvalue weighted by Gasteiger charge is -2.21. The van der Waals surface area contributed by atoms with Crippen LogP contribution in [0.3, 0.4) is 0 Å². The second-order valence-corrected chi connectivity index (χ2v) is 5.70. The number of carbonyl (C=O) groups is 1. The second-order valence-electron chi connectivity index (χ2n) is 4.78. The Bertz CT molecular complexity index is 369. The maximum Gasteiger partial charge on any atom is 0.267 e. The number of hydrogen-bond donors (Lipinski definition) is 2. The van der Waals surface area contributed by atoms with Crippen molar-refractivity contribution in [3.05, 3.63) is 22.4 Å². The molecule has 1 saturated carbocycles. The molecule has 1 heterocycles. The lowest BCUT2D eigenvalue weighted by atomic mass is 9.87. The molecule has 1 fully saturated rings. The van der Waals surface area contributed by atoms with Gasteiger partial charge in [-0.1, -0.05) is 32.1 Å². The molecule has 0 aromatic carbocycles. The van der Waals surface area contributed by atoms with Gasteiger partial charge < -0.3 is 10.3 Å². The fourth-order valence-electron chi connectivity index (χ4n) is 2.46. The van der Waals surface area contributed by atoms with Gasteiger partial charge in [-0.15, -0.1) is 0 Å². The Kier molecular flexibility index (Phi) is 4.66. The van der Waals surface area contributed by atoms with Gasteiger partial charge in [0.2, 0.25) is 0 Å². The summed E-state index contributed by atoms with van der Waals surface area (Å²) in [5, 5.41) is 2.97. The van der Waals surface area contributed by atoms with E-state index in [1.165, 1.54) is 32.1 Å². The summed E-state index contributed by atoms with van der Waals surface area (Å²) in [7, 11) is 0.